The molecular formula is C30H29NO2. The molecule has 4 aromatic carbocycles. The number of fused-ring (bicyclic) bond motifs is 1. The standard InChI is InChI=1S/C30H29NO2/c32-30(31-18-16-24(17-19-31)20-23-6-2-1-3-7-23)27-12-10-25(11-13-27)22-33-29-15-14-26-8-4-5-9-28(26)21-29/h1-15,21,24H,16-20,22H2. The van der Waals surface area contributed by atoms with Crippen LogP contribution in [0.2, 0.25) is 0 Å². The van der Waals surface area contributed by atoms with Crippen molar-refractivity contribution in [3.8, 4) is 5.75 Å². The highest BCUT2D eigenvalue weighted by atomic mass is 16.5. The van der Waals surface area contributed by atoms with Crippen LogP contribution in [0.4, 0.5) is 0 Å². The van der Waals surface area contributed by atoms with Crippen LogP contribution in [0, 0.1) is 5.92 Å². The molecule has 0 N–H and O–H groups in total. The number of carbonyl (C=O) groups is 1. The fourth-order valence-corrected chi connectivity index (χ4v) is 4.64. The summed E-state index contributed by atoms with van der Waals surface area (Å²) in [6.07, 6.45) is 3.24. The second kappa shape index (κ2) is 9.91. The summed E-state index contributed by atoms with van der Waals surface area (Å²) >= 11 is 0. The number of hydrogen-bond acceptors (Lipinski definition) is 2. The Hall–Kier alpha value is -3.59. The van der Waals surface area contributed by atoms with Crippen LogP contribution in [-0.4, -0.2) is 23.9 Å². The summed E-state index contributed by atoms with van der Waals surface area (Å²) in [4.78, 5) is 15.0. The van der Waals surface area contributed by atoms with Gasteiger partial charge in [-0.15, -0.1) is 0 Å². The lowest BCUT2D eigenvalue weighted by Crippen LogP contribution is -2.38. The zero-order valence-corrected chi connectivity index (χ0v) is 18.8. The SMILES string of the molecule is O=C(c1ccc(COc2ccc3ccccc3c2)cc1)N1CCC(Cc2ccccc2)CC1. The van der Waals surface area contributed by atoms with Crippen LogP contribution in [0.25, 0.3) is 10.8 Å². The first-order valence-electron chi connectivity index (χ1n) is 11.8. The van der Waals surface area contributed by atoms with Crippen molar-refractivity contribution in [2.75, 3.05) is 13.1 Å². The molecule has 0 aromatic heterocycles. The third-order valence-electron chi connectivity index (χ3n) is 6.60. The zero-order chi connectivity index (χ0) is 22.5. The van der Waals surface area contributed by atoms with Crippen molar-refractivity contribution in [3.63, 3.8) is 0 Å². The molecule has 1 heterocycles. The third-order valence-corrected chi connectivity index (χ3v) is 6.60. The molecule has 1 aliphatic rings. The molecule has 1 saturated heterocycles. The van der Waals surface area contributed by atoms with E-state index < -0.39 is 0 Å². The molecule has 0 spiro atoms. The van der Waals surface area contributed by atoms with Gasteiger partial charge >= 0.3 is 0 Å². The molecule has 1 fully saturated rings. The maximum Gasteiger partial charge on any atom is 0.253 e. The number of hydrogen-bond donors (Lipinski definition) is 0. The van der Waals surface area contributed by atoms with Crippen molar-refractivity contribution in [2.24, 2.45) is 5.92 Å². The number of piperidine rings is 1. The van der Waals surface area contributed by atoms with Gasteiger partial charge in [-0.2, -0.15) is 0 Å². The molecular weight excluding hydrogens is 406 g/mol. The molecule has 5 rings (SSSR count). The molecule has 1 amide bonds. The average molecular weight is 436 g/mol. The van der Waals surface area contributed by atoms with Gasteiger partial charge in [-0.1, -0.05) is 72.8 Å². The van der Waals surface area contributed by atoms with Crippen molar-refractivity contribution in [1.82, 2.24) is 4.90 Å². The van der Waals surface area contributed by atoms with Crippen molar-refractivity contribution >= 4 is 16.7 Å². The van der Waals surface area contributed by atoms with Gasteiger partial charge in [-0.05, 0) is 71.3 Å². The molecule has 0 aliphatic carbocycles. The predicted molar refractivity (Wildman–Crippen MR) is 133 cm³/mol. The summed E-state index contributed by atoms with van der Waals surface area (Å²) in [6, 6.07) is 32.9. The highest BCUT2D eigenvalue weighted by Crippen LogP contribution is 2.24. The van der Waals surface area contributed by atoms with Gasteiger partial charge in [0.05, 0.1) is 0 Å². The maximum absolute atomic E-state index is 13.0. The lowest BCUT2D eigenvalue weighted by molar-refractivity contribution is 0.0690. The highest BCUT2D eigenvalue weighted by molar-refractivity contribution is 5.94. The van der Waals surface area contributed by atoms with Gasteiger partial charge in [0.1, 0.15) is 12.4 Å². The number of nitrogens with zero attached hydrogens (tertiary/aromatic N) is 1. The normalized spacial score (nSPS) is 14.4. The van der Waals surface area contributed by atoms with Crippen LogP contribution in [-0.2, 0) is 13.0 Å². The fourth-order valence-electron chi connectivity index (χ4n) is 4.64. The van der Waals surface area contributed by atoms with Crippen LogP contribution in [0.5, 0.6) is 5.75 Å². The molecule has 0 saturated carbocycles. The van der Waals surface area contributed by atoms with Crippen molar-refractivity contribution in [2.45, 2.75) is 25.9 Å². The first-order valence-corrected chi connectivity index (χ1v) is 11.8. The Morgan fingerprint density at radius 3 is 2.21 bits per heavy atom. The summed E-state index contributed by atoms with van der Waals surface area (Å²) in [5.41, 5.74) is 3.20. The fraction of sp³-hybridized carbons (Fsp3) is 0.233. The molecule has 0 atom stereocenters. The number of likely N-dealkylation sites (tertiary alicyclic amines) is 1. The monoisotopic (exact) mass is 435 g/mol. The summed E-state index contributed by atoms with van der Waals surface area (Å²) in [7, 11) is 0. The Labute approximate surface area is 195 Å². The number of ether oxygens (including phenoxy) is 1. The van der Waals surface area contributed by atoms with Crippen LogP contribution in [0.3, 0.4) is 0 Å². The van der Waals surface area contributed by atoms with E-state index in [0.29, 0.717) is 12.5 Å². The molecule has 0 bridgehead atoms. The minimum atomic E-state index is 0.134. The minimum Gasteiger partial charge on any atom is -0.489 e. The van der Waals surface area contributed by atoms with E-state index in [0.717, 1.165) is 49.2 Å². The summed E-state index contributed by atoms with van der Waals surface area (Å²) in [6.45, 7) is 2.16. The second-order valence-electron chi connectivity index (χ2n) is 8.92. The van der Waals surface area contributed by atoms with E-state index in [1.54, 1.807) is 0 Å². The molecule has 3 heteroatoms. The van der Waals surface area contributed by atoms with E-state index in [4.69, 9.17) is 4.74 Å². The van der Waals surface area contributed by atoms with Crippen LogP contribution in [0.15, 0.2) is 97.1 Å². The smallest absolute Gasteiger partial charge is 0.253 e. The topological polar surface area (TPSA) is 29.5 Å². The number of rotatable bonds is 6. The average Bonchev–Trinajstić information content (AvgIpc) is 2.88. The van der Waals surface area contributed by atoms with Crippen molar-refractivity contribution in [3.05, 3.63) is 114 Å². The first kappa shape index (κ1) is 21.3. The zero-order valence-electron chi connectivity index (χ0n) is 18.8. The van der Waals surface area contributed by atoms with Crippen molar-refractivity contribution in [1.29, 1.82) is 0 Å². The Morgan fingerprint density at radius 2 is 1.45 bits per heavy atom. The molecule has 166 valence electrons. The van der Waals surface area contributed by atoms with E-state index in [9.17, 15) is 4.79 Å². The van der Waals surface area contributed by atoms with E-state index in [-0.39, 0.29) is 5.91 Å². The van der Waals surface area contributed by atoms with E-state index in [2.05, 4.69) is 54.6 Å². The molecule has 33 heavy (non-hydrogen) atoms. The lowest BCUT2D eigenvalue weighted by Gasteiger charge is -2.32. The Morgan fingerprint density at radius 1 is 0.758 bits per heavy atom. The van der Waals surface area contributed by atoms with Gasteiger partial charge in [0.2, 0.25) is 0 Å². The summed E-state index contributed by atoms with van der Waals surface area (Å²) in [5.74, 6) is 1.65. The van der Waals surface area contributed by atoms with Crippen LogP contribution < -0.4 is 4.74 Å². The molecule has 3 nitrogen and oxygen atoms in total. The van der Waals surface area contributed by atoms with E-state index in [1.807, 2.05) is 47.4 Å². The quantitative estimate of drug-likeness (QED) is 0.345. The van der Waals surface area contributed by atoms with Crippen molar-refractivity contribution < 1.29 is 9.53 Å². The van der Waals surface area contributed by atoms with Crippen LogP contribution in [0.1, 0.15) is 34.3 Å². The number of carbonyl (C=O) groups excluding carboxylic acids is 1. The Kier molecular flexibility index (Phi) is 6.39. The summed E-state index contributed by atoms with van der Waals surface area (Å²) < 4.78 is 5.98. The Balaban J connectivity index is 1.13. The Bertz CT molecular complexity index is 1210. The minimum absolute atomic E-state index is 0.134. The predicted octanol–water partition coefficient (Wildman–Crippen LogP) is 6.51. The number of amides is 1. The first-order chi connectivity index (χ1) is 16.2. The third kappa shape index (κ3) is 5.25. The molecule has 0 unspecified atom stereocenters. The largest absolute Gasteiger partial charge is 0.489 e. The number of benzene rings is 4. The summed E-state index contributed by atoms with van der Waals surface area (Å²) in [5, 5.41) is 2.38. The van der Waals surface area contributed by atoms with Gasteiger partial charge in [-0.3, -0.25) is 4.79 Å². The van der Waals surface area contributed by atoms with Gasteiger partial charge in [-0.25, -0.2) is 0 Å². The van der Waals surface area contributed by atoms with Gasteiger partial charge in [0.15, 0.2) is 0 Å². The molecule has 1 aliphatic heterocycles. The van der Waals surface area contributed by atoms with Gasteiger partial charge in [0, 0.05) is 18.7 Å². The van der Waals surface area contributed by atoms with E-state index >= 15 is 0 Å². The van der Waals surface area contributed by atoms with Gasteiger partial charge < -0.3 is 9.64 Å². The van der Waals surface area contributed by atoms with Crippen LogP contribution >= 0.6 is 0 Å². The maximum atomic E-state index is 13.0. The van der Waals surface area contributed by atoms with Gasteiger partial charge in [0.25, 0.3) is 5.91 Å². The second-order valence-corrected chi connectivity index (χ2v) is 8.92. The van der Waals surface area contributed by atoms with E-state index in [1.165, 1.54) is 16.3 Å². The highest BCUT2D eigenvalue weighted by Gasteiger charge is 2.23. The molecule has 4 aromatic rings. The lowest BCUT2D eigenvalue weighted by atomic mass is 9.90. The molecule has 0 radical (unpaired) electrons.